The van der Waals surface area contributed by atoms with Gasteiger partial charge in [0.05, 0.1) is 39.4 Å². The molecule has 0 aliphatic rings. The van der Waals surface area contributed by atoms with Gasteiger partial charge in [0.25, 0.3) is 0 Å². The fourth-order valence-corrected chi connectivity index (χ4v) is 7.50. The van der Waals surface area contributed by atoms with Gasteiger partial charge in [-0.2, -0.15) is 5.26 Å². The van der Waals surface area contributed by atoms with Gasteiger partial charge in [-0.05, 0) is 77.4 Å². The van der Waals surface area contributed by atoms with E-state index in [1.807, 2.05) is 12.1 Å². The summed E-state index contributed by atoms with van der Waals surface area (Å²) in [5, 5.41) is 14.8. The summed E-state index contributed by atoms with van der Waals surface area (Å²) >= 11 is 2.91. The van der Waals surface area contributed by atoms with Gasteiger partial charge in [-0.15, -0.1) is 4.43 Å². The van der Waals surface area contributed by atoms with E-state index in [0.29, 0.717) is 5.56 Å². The average molecular weight is 612 g/mol. The zero-order valence-corrected chi connectivity index (χ0v) is 26.6. The van der Waals surface area contributed by atoms with Gasteiger partial charge < -0.3 is 9.13 Å². The second-order valence-corrected chi connectivity index (χ2v) is 12.6. The Kier molecular flexibility index (Phi) is 6.37. The Morgan fingerprint density at radius 2 is 0.979 bits per heavy atom. The molecule has 0 bridgehead atoms. The molecule has 0 fully saturated rings. The van der Waals surface area contributed by atoms with Crippen molar-refractivity contribution in [2.75, 3.05) is 0 Å². The van der Waals surface area contributed by atoms with E-state index in [2.05, 4.69) is 177 Å². The van der Waals surface area contributed by atoms with E-state index < -0.39 is 0 Å². The first-order valence-corrected chi connectivity index (χ1v) is 16.3. The minimum atomic E-state index is 0.635. The van der Waals surface area contributed by atoms with E-state index in [1.165, 1.54) is 32.7 Å². The number of hydrogen-bond acceptors (Lipinski definition) is 1. The first-order chi connectivity index (χ1) is 23.2. The van der Waals surface area contributed by atoms with Crippen molar-refractivity contribution in [1.82, 2.24) is 9.13 Å². The largest absolute Gasteiger partial charge is 0.311 e. The van der Waals surface area contributed by atoms with Gasteiger partial charge in [-0.3, -0.25) is 0 Å². The van der Waals surface area contributed by atoms with Gasteiger partial charge >= 0.3 is 0 Å². The maximum absolute atomic E-state index is 10.0. The molecule has 2 aromatic heterocycles. The van der Waals surface area contributed by atoms with Crippen molar-refractivity contribution in [3.63, 3.8) is 0 Å². The molecule has 0 amide bonds. The molecule has 0 saturated heterocycles. The van der Waals surface area contributed by atoms with E-state index in [1.54, 1.807) is 0 Å². The van der Waals surface area contributed by atoms with Crippen molar-refractivity contribution in [1.29, 1.82) is 5.26 Å². The minimum Gasteiger partial charge on any atom is -0.311 e. The highest BCUT2D eigenvalue weighted by Gasteiger charge is 2.19. The van der Waals surface area contributed by atoms with Crippen LogP contribution in [0.25, 0.3) is 77.2 Å². The van der Waals surface area contributed by atoms with Crippen LogP contribution in [0.4, 0.5) is 0 Å². The van der Waals surface area contributed by atoms with E-state index in [9.17, 15) is 5.26 Å². The van der Waals surface area contributed by atoms with Crippen molar-refractivity contribution in [2.24, 2.45) is 0 Å². The van der Waals surface area contributed by atoms with Crippen molar-refractivity contribution < 1.29 is 0 Å². The molecule has 0 aliphatic carbocycles. The lowest BCUT2D eigenvalue weighted by Crippen LogP contribution is -2.11. The topological polar surface area (TPSA) is 33.6 Å². The molecule has 9 rings (SSSR count). The Morgan fingerprint density at radius 3 is 1.66 bits per heavy atom. The minimum absolute atomic E-state index is 0.635. The van der Waals surface area contributed by atoms with Gasteiger partial charge in [-0.1, -0.05) is 97.1 Å². The third-order valence-corrected chi connectivity index (χ3v) is 9.80. The number of para-hydroxylation sites is 3. The van der Waals surface area contributed by atoms with Crippen LogP contribution in [0.2, 0.25) is 0 Å². The van der Waals surface area contributed by atoms with Gasteiger partial charge in [0.15, 0.2) is 16.3 Å². The molecule has 0 N–H and O–H groups in total. The third kappa shape index (κ3) is 4.33. The summed E-state index contributed by atoms with van der Waals surface area (Å²) in [5.41, 5.74) is 11.8. The molecule has 0 saturated carbocycles. The summed E-state index contributed by atoms with van der Waals surface area (Å²) < 4.78 is 5.84. The van der Waals surface area contributed by atoms with Crippen LogP contribution in [-0.4, -0.2) is 25.4 Å². The molecule has 0 atom stereocenters. The average Bonchev–Trinajstić information content (AvgIpc) is 3.64. The smallest absolute Gasteiger partial charge is 0.179 e. The Morgan fingerprint density at radius 1 is 0.426 bits per heavy atom. The standard InChI is InChI=1S/C43H26N3.Al/c44-28-29-19-22-41(46-39-17-9-7-15-34(39)35-16-8-10-18-40(35)46)36(25-29)32-21-24-43-38(27-32)37-26-31(30-11-3-1-4-12-30)20-23-42(37)45(43)33-13-5-2-6-14-33;/h1-13,15-27H;. The monoisotopic (exact) mass is 611 g/mol. The summed E-state index contributed by atoms with van der Waals surface area (Å²) in [5.74, 6) is 0. The number of aromatic nitrogens is 2. The Bertz CT molecular complexity index is 2650. The molecule has 0 aliphatic heterocycles. The van der Waals surface area contributed by atoms with Crippen molar-refractivity contribution in [2.45, 2.75) is 0 Å². The van der Waals surface area contributed by atoms with Crippen LogP contribution in [0.15, 0.2) is 158 Å². The fourth-order valence-electron chi connectivity index (χ4n) is 7.17. The normalized spacial score (nSPS) is 11.5. The lowest BCUT2D eigenvalue weighted by molar-refractivity contribution is 1.18. The molecule has 7 aromatic carbocycles. The van der Waals surface area contributed by atoms with Crippen LogP contribution in [-0.2, 0) is 0 Å². The first-order valence-electron chi connectivity index (χ1n) is 15.7. The van der Waals surface area contributed by atoms with Gasteiger partial charge in [0.2, 0.25) is 0 Å². The molecule has 2 radical (unpaired) electrons. The lowest BCUT2D eigenvalue weighted by atomic mass is 9.98. The highest BCUT2D eigenvalue weighted by molar-refractivity contribution is 6.35. The van der Waals surface area contributed by atoms with Crippen LogP contribution in [0.5, 0.6) is 0 Å². The summed E-state index contributed by atoms with van der Waals surface area (Å²) in [7, 11) is 0. The molecule has 0 unspecified atom stereocenters. The maximum atomic E-state index is 10.0. The molecule has 3 nitrogen and oxygen atoms in total. The second kappa shape index (κ2) is 10.9. The number of benzene rings is 7. The zero-order chi connectivity index (χ0) is 31.5. The summed E-state index contributed by atoms with van der Waals surface area (Å²) in [6.45, 7) is 0. The Hall–Kier alpha value is -5.84. The summed E-state index contributed by atoms with van der Waals surface area (Å²) in [6.07, 6.45) is 0. The van der Waals surface area contributed by atoms with Crippen molar-refractivity contribution in [3.8, 4) is 39.7 Å². The lowest BCUT2D eigenvalue weighted by Gasteiger charge is -2.15. The van der Waals surface area contributed by atoms with E-state index in [-0.39, 0.29) is 0 Å². The van der Waals surface area contributed by atoms with Crippen LogP contribution < -0.4 is 4.43 Å². The number of hydrogen-bond donors (Lipinski definition) is 0. The Balaban J connectivity index is 1.35. The number of rotatable bonds is 4. The quantitative estimate of drug-likeness (QED) is 0.182. The molecule has 4 heteroatoms. The predicted octanol–water partition coefficient (Wildman–Crippen LogP) is 9.88. The first kappa shape index (κ1) is 27.5. The molecule has 2 heterocycles. The SMILES string of the molecule is N#Cc1ccc(-n2c3ccccc3c3ccccc32)c(-c2ccc3c(c2)c2cc(-c4ccccc4)ccc2n3-c2cccc[c]2[Al])c1. The van der Waals surface area contributed by atoms with Crippen LogP contribution in [0, 0.1) is 11.3 Å². The van der Waals surface area contributed by atoms with Crippen LogP contribution in [0.3, 0.4) is 0 Å². The van der Waals surface area contributed by atoms with Gasteiger partial charge in [0, 0.05) is 32.8 Å². The van der Waals surface area contributed by atoms with Gasteiger partial charge in [0.1, 0.15) is 0 Å². The number of fused-ring (bicyclic) bond motifs is 6. The number of nitriles is 1. The van der Waals surface area contributed by atoms with Gasteiger partial charge in [-0.25, -0.2) is 0 Å². The Labute approximate surface area is 280 Å². The molecule has 47 heavy (non-hydrogen) atoms. The van der Waals surface area contributed by atoms with Crippen LogP contribution in [0.1, 0.15) is 5.56 Å². The van der Waals surface area contributed by atoms with E-state index in [4.69, 9.17) is 0 Å². The predicted molar refractivity (Wildman–Crippen MR) is 196 cm³/mol. The molecule has 216 valence electrons. The summed E-state index contributed by atoms with van der Waals surface area (Å²) in [6, 6.07) is 58.1. The zero-order valence-electron chi connectivity index (χ0n) is 25.4. The third-order valence-electron chi connectivity index (χ3n) is 9.31. The maximum Gasteiger partial charge on any atom is 0.179 e. The fraction of sp³-hybridized carbons (Fsp3) is 0. The second-order valence-electron chi connectivity index (χ2n) is 11.9. The molecular weight excluding hydrogens is 585 g/mol. The van der Waals surface area contributed by atoms with E-state index in [0.717, 1.165) is 49.0 Å². The van der Waals surface area contributed by atoms with Crippen molar-refractivity contribution >= 4 is 64.3 Å². The molecule has 0 spiro atoms. The highest BCUT2D eigenvalue weighted by Crippen LogP contribution is 2.40. The molecular formula is C43H26AlN3. The van der Waals surface area contributed by atoms with E-state index >= 15 is 0 Å². The number of nitrogens with zero attached hydrogens (tertiary/aromatic N) is 3. The summed E-state index contributed by atoms with van der Waals surface area (Å²) in [4.78, 5) is 0. The van der Waals surface area contributed by atoms with Crippen LogP contribution >= 0.6 is 0 Å². The van der Waals surface area contributed by atoms with Crippen molar-refractivity contribution in [3.05, 3.63) is 163 Å². The highest BCUT2D eigenvalue weighted by atomic mass is 27.0. The molecule has 9 aromatic rings.